The van der Waals surface area contributed by atoms with E-state index in [1.54, 1.807) is 0 Å². The molecule has 1 aliphatic carbocycles. The minimum atomic E-state index is 0.0981. The average molecular weight is 355 g/mol. The Morgan fingerprint density at radius 1 is 1.07 bits per heavy atom. The topological polar surface area (TPSA) is 22.0 Å². The first-order valence-electron chi connectivity index (χ1n) is 9.68. The second-order valence-corrected chi connectivity index (χ2v) is 8.23. The lowest BCUT2D eigenvalue weighted by Crippen LogP contribution is -2.09. The van der Waals surface area contributed by atoms with Crippen LogP contribution in [0.5, 0.6) is 0 Å². The van der Waals surface area contributed by atoms with E-state index in [0.29, 0.717) is 6.54 Å². The van der Waals surface area contributed by atoms with E-state index in [0.717, 1.165) is 41.3 Å². The predicted octanol–water partition coefficient (Wildman–Crippen LogP) is 5.41. The van der Waals surface area contributed by atoms with Crippen molar-refractivity contribution in [1.29, 1.82) is 0 Å². The van der Waals surface area contributed by atoms with Gasteiger partial charge in [0.05, 0.1) is 6.54 Å². The Bertz CT molecular complexity index is 1090. The van der Waals surface area contributed by atoms with E-state index in [1.807, 2.05) is 37.4 Å². The van der Waals surface area contributed by atoms with E-state index >= 15 is 0 Å². The molecule has 1 heterocycles. The van der Waals surface area contributed by atoms with Crippen LogP contribution in [0.25, 0.3) is 10.9 Å². The highest BCUT2D eigenvalue weighted by atomic mass is 16.1. The maximum absolute atomic E-state index is 13.3. The van der Waals surface area contributed by atoms with Crippen molar-refractivity contribution in [3.8, 4) is 11.8 Å². The van der Waals surface area contributed by atoms with Crippen LogP contribution in [0.4, 0.5) is 0 Å². The fraction of sp³-hybridized carbons (Fsp3) is 0.320. The highest BCUT2D eigenvalue weighted by Crippen LogP contribution is 2.37. The standard InChI is InChI=1S/C25H25NO/c1-4-5-8-13-26-17-22(21-9-6-7-10-23(21)26)24(27)18-11-12-19-15-25(2,3)16-20(19)14-18/h6-7,9-12,14,17H,4,13,15-16H2,1-3H3. The molecule has 1 aliphatic rings. The summed E-state index contributed by atoms with van der Waals surface area (Å²) in [5, 5.41) is 1.00. The van der Waals surface area contributed by atoms with Crippen molar-refractivity contribution < 1.29 is 4.79 Å². The largest absolute Gasteiger partial charge is 0.335 e. The number of rotatable bonds is 3. The van der Waals surface area contributed by atoms with Crippen molar-refractivity contribution in [3.63, 3.8) is 0 Å². The van der Waals surface area contributed by atoms with Gasteiger partial charge in [0.2, 0.25) is 0 Å². The van der Waals surface area contributed by atoms with Gasteiger partial charge in [-0.2, -0.15) is 0 Å². The molecule has 2 heteroatoms. The van der Waals surface area contributed by atoms with Gasteiger partial charge in [0.25, 0.3) is 0 Å². The van der Waals surface area contributed by atoms with Gasteiger partial charge in [0, 0.05) is 34.6 Å². The number of ketones is 1. The molecule has 0 amide bonds. The number of carbonyl (C=O) groups excluding carboxylic acids is 1. The molecule has 0 unspecified atom stereocenters. The third-order valence-corrected chi connectivity index (χ3v) is 5.39. The van der Waals surface area contributed by atoms with Crippen LogP contribution < -0.4 is 0 Å². The summed E-state index contributed by atoms with van der Waals surface area (Å²) in [6, 6.07) is 14.3. The molecule has 0 radical (unpaired) electrons. The Hall–Kier alpha value is -2.79. The number of nitrogens with zero attached hydrogens (tertiary/aromatic N) is 1. The molecular formula is C25H25NO. The van der Waals surface area contributed by atoms with E-state index in [9.17, 15) is 4.79 Å². The van der Waals surface area contributed by atoms with Crippen LogP contribution in [0.15, 0.2) is 48.7 Å². The van der Waals surface area contributed by atoms with Crippen LogP contribution in [-0.2, 0) is 19.4 Å². The molecule has 0 saturated heterocycles. The number of carbonyl (C=O) groups is 1. The number of fused-ring (bicyclic) bond motifs is 2. The van der Waals surface area contributed by atoms with Crippen LogP contribution in [0, 0.1) is 17.3 Å². The zero-order valence-electron chi connectivity index (χ0n) is 16.3. The van der Waals surface area contributed by atoms with Crippen molar-refractivity contribution in [2.75, 3.05) is 0 Å². The van der Waals surface area contributed by atoms with Gasteiger partial charge in [0.1, 0.15) is 0 Å². The molecule has 2 nitrogen and oxygen atoms in total. The van der Waals surface area contributed by atoms with Crippen LogP contribution in [0.3, 0.4) is 0 Å². The van der Waals surface area contributed by atoms with Gasteiger partial charge in [-0.15, -0.1) is 5.92 Å². The summed E-state index contributed by atoms with van der Waals surface area (Å²) in [7, 11) is 0. The van der Waals surface area contributed by atoms with Crippen LogP contribution in [-0.4, -0.2) is 10.4 Å². The van der Waals surface area contributed by atoms with E-state index in [4.69, 9.17) is 0 Å². The normalized spacial score (nSPS) is 14.6. The van der Waals surface area contributed by atoms with Gasteiger partial charge in [-0.3, -0.25) is 4.79 Å². The van der Waals surface area contributed by atoms with Crippen LogP contribution >= 0.6 is 0 Å². The van der Waals surface area contributed by atoms with E-state index in [2.05, 4.69) is 48.5 Å². The Kier molecular flexibility index (Phi) is 4.40. The summed E-state index contributed by atoms with van der Waals surface area (Å²) in [6.07, 6.45) is 4.94. The molecule has 0 N–H and O–H groups in total. The molecular weight excluding hydrogens is 330 g/mol. The van der Waals surface area contributed by atoms with Gasteiger partial charge in [-0.25, -0.2) is 0 Å². The average Bonchev–Trinajstić information content (AvgIpc) is 3.17. The summed E-state index contributed by atoms with van der Waals surface area (Å²) in [5.41, 5.74) is 5.61. The van der Waals surface area contributed by atoms with Gasteiger partial charge in [-0.05, 0) is 41.5 Å². The molecule has 27 heavy (non-hydrogen) atoms. The first kappa shape index (κ1) is 17.6. The fourth-order valence-corrected chi connectivity index (χ4v) is 4.18. The molecule has 0 aliphatic heterocycles. The quantitative estimate of drug-likeness (QED) is 0.455. The Balaban J connectivity index is 1.74. The summed E-state index contributed by atoms with van der Waals surface area (Å²) in [4.78, 5) is 13.3. The van der Waals surface area contributed by atoms with Crippen LogP contribution in [0.1, 0.15) is 54.2 Å². The minimum absolute atomic E-state index is 0.0981. The van der Waals surface area contributed by atoms with Crippen molar-refractivity contribution >= 4 is 16.7 Å². The molecule has 0 spiro atoms. The summed E-state index contributed by atoms with van der Waals surface area (Å²) in [6.45, 7) is 7.24. The van der Waals surface area contributed by atoms with E-state index < -0.39 is 0 Å². The fourth-order valence-electron chi connectivity index (χ4n) is 4.18. The SMILES string of the molecule is CCC#CCn1cc(C(=O)c2ccc3c(c2)CC(C)(C)C3)c2ccccc21. The summed E-state index contributed by atoms with van der Waals surface area (Å²) < 4.78 is 2.09. The maximum atomic E-state index is 13.3. The lowest BCUT2D eigenvalue weighted by Gasteiger charge is -2.14. The van der Waals surface area contributed by atoms with Gasteiger partial charge < -0.3 is 4.57 Å². The van der Waals surface area contributed by atoms with Crippen molar-refractivity contribution in [2.45, 2.75) is 46.6 Å². The monoisotopic (exact) mass is 355 g/mol. The molecule has 136 valence electrons. The number of para-hydroxylation sites is 1. The number of aromatic nitrogens is 1. The highest BCUT2D eigenvalue weighted by Gasteiger charge is 2.29. The van der Waals surface area contributed by atoms with Gasteiger partial charge in [0.15, 0.2) is 5.78 Å². The molecule has 2 aromatic carbocycles. The van der Waals surface area contributed by atoms with Gasteiger partial charge >= 0.3 is 0 Å². The molecule has 1 aromatic heterocycles. The zero-order chi connectivity index (χ0) is 19.0. The molecule has 4 rings (SSSR count). The molecule has 3 aromatic rings. The lowest BCUT2D eigenvalue weighted by molar-refractivity contribution is 0.104. The number of benzene rings is 2. The zero-order valence-corrected chi connectivity index (χ0v) is 16.3. The van der Waals surface area contributed by atoms with Crippen molar-refractivity contribution in [2.24, 2.45) is 5.41 Å². The number of hydrogen-bond acceptors (Lipinski definition) is 1. The third-order valence-electron chi connectivity index (χ3n) is 5.39. The smallest absolute Gasteiger partial charge is 0.195 e. The second kappa shape index (κ2) is 6.74. The Morgan fingerprint density at radius 3 is 2.67 bits per heavy atom. The molecule has 0 bridgehead atoms. The summed E-state index contributed by atoms with van der Waals surface area (Å²) >= 11 is 0. The summed E-state index contributed by atoms with van der Waals surface area (Å²) in [5.74, 6) is 6.39. The van der Waals surface area contributed by atoms with Crippen molar-refractivity contribution in [1.82, 2.24) is 4.57 Å². The van der Waals surface area contributed by atoms with E-state index in [-0.39, 0.29) is 11.2 Å². The van der Waals surface area contributed by atoms with Gasteiger partial charge in [-0.1, -0.05) is 57.0 Å². The Labute approximate surface area is 161 Å². The molecule has 0 fully saturated rings. The highest BCUT2D eigenvalue weighted by molar-refractivity contribution is 6.16. The molecule has 0 atom stereocenters. The van der Waals surface area contributed by atoms with Crippen LogP contribution in [0.2, 0.25) is 0 Å². The second-order valence-electron chi connectivity index (χ2n) is 8.23. The van der Waals surface area contributed by atoms with E-state index in [1.165, 1.54) is 11.1 Å². The lowest BCUT2D eigenvalue weighted by atomic mass is 9.90. The number of hydrogen-bond donors (Lipinski definition) is 0. The third kappa shape index (κ3) is 3.30. The minimum Gasteiger partial charge on any atom is -0.335 e. The first-order valence-corrected chi connectivity index (χ1v) is 9.68. The predicted molar refractivity (Wildman–Crippen MR) is 111 cm³/mol. The maximum Gasteiger partial charge on any atom is 0.195 e. The molecule has 0 saturated carbocycles. The Morgan fingerprint density at radius 2 is 1.85 bits per heavy atom. The first-order chi connectivity index (χ1) is 13.0. The van der Waals surface area contributed by atoms with Crippen molar-refractivity contribution in [3.05, 3.63) is 70.9 Å².